The number of aromatic nitrogens is 1. The summed E-state index contributed by atoms with van der Waals surface area (Å²) in [5.41, 5.74) is 3.32. The molecule has 0 radical (unpaired) electrons. The van der Waals surface area contributed by atoms with E-state index in [-0.39, 0.29) is 0 Å². The fourth-order valence-corrected chi connectivity index (χ4v) is 3.35. The van der Waals surface area contributed by atoms with Gasteiger partial charge in [-0.15, -0.1) is 0 Å². The van der Waals surface area contributed by atoms with Gasteiger partial charge in [0.1, 0.15) is 0 Å². The normalized spacial score (nSPS) is 22.7. The summed E-state index contributed by atoms with van der Waals surface area (Å²) in [7, 11) is 0. The number of nitrogens with zero attached hydrogens (tertiary/aromatic N) is 1. The first-order valence-electron chi connectivity index (χ1n) is 6.64. The second kappa shape index (κ2) is 4.03. The highest BCUT2D eigenvalue weighted by atomic mass is 15.0. The van der Waals surface area contributed by atoms with Crippen LogP contribution in [0.5, 0.6) is 0 Å². The summed E-state index contributed by atoms with van der Waals surface area (Å²) in [6.07, 6.45) is 15.0. The molecule has 1 nitrogen and oxygen atoms in total. The molecule has 0 spiro atoms. The number of fused-ring (bicyclic) bond motifs is 1. The van der Waals surface area contributed by atoms with Crippen LogP contribution in [0.3, 0.4) is 0 Å². The first-order valence-corrected chi connectivity index (χ1v) is 6.64. The molecule has 1 saturated carbocycles. The Hall–Kier alpha value is -0.720. The highest BCUT2D eigenvalue weighted by Gasteiger charge is 2.20. The highest BCUT2D eigenvalue weighted by molar-refractivity contribution is 5.25. The Bertz CT molecular complexity index is 331. The zero-order chi connectivity index (χ0) is 10.1. The molecular formula is C14H21N. The van der Waals surface area contributed by atoms with Crippen LogP contribution in [0.2, 0.25) is 0 Å². The molecule has 3 rings (SSSR count). The second-order valence-corrected chi connectivity index (χ2v) is 5.19. The molecule has 0 amide bonds. The summed E-state index contributed by atoms with van der Waals surface area (Å²) >= 11 is 0. The Morgan fingerprint density at radius 3 is 2.60 bits per heavy atom. The van der Waals surface area contributed by atoms with Crippen molar-refractivity contribution < 1.29 is 0 Å². The summed E-state index contributed by atoms with van der Waals surface area (Å²) in [4.78, 5) is 0. The van der Waals surface area contributed by atoms with E-state index in [1.165, 1.54) is 57.8 Å². The molecule has 0 bridgehead atoms. The van der Waals surface area contributed by atoms with Crippen LogP contribution < -0.4 is 0 Å². The third-order valence-electron chi connectivity index (χ3n) is 4.20. The number of aryl methyl sites for hydroxylation is 1. The fraction of sp³-hybridized carbons (Fsp3) is 0.714. The van der Waals surface area contributed by atoms with Crippen LogP contribution >= 0.6 is 0 Å². The molecule has 1 heterocycles. The summed E-state index contributed by atoms with van der Waals surface area (Å²) in [6, 6.07) is 3.21. The van der Waals surface area contributed by atoms with Crippen molar-refractivity contribution >= 4 is 0 Å². The minimum absolute atomic E-state index is 0.834. The smallest absolute Gasteiger partial charge is 0.0333 e. The molecule has 1 heteroatoms. The quantitative estimate of drug-likeness (QED) is 0.653. The molecule has 2 aliphatic carbocycles. The SMILES string of the molecule is c1cn(C2CCCCC2)c2c1CCCC2. The second-order valence-electron chi connectivity index (χ2n) is 5.19. The predicted molar refractivity (Wildman–Crippen MR) is 63.2 cm³/mol. The average Bonchev–Trinajstić information content (AvgIpc) is 2.74. The van der Waals surface area contributed by atoms with Gasteiger partial charge >= 0.3 is 0 Å². The lowest BCUT2D eigenvalue weighted by atomic mass is 9.93. The van der Waals surface area contributed by atoms with Gasteiger partial charge in [0.25, 0.3) is 0 Å². The zero-order valence-corrected chi connectivity index (χ0v) is 9.54. The zero-order valence-electron chi connectivity index (χ0n) is 9.54. The maximum absolute atomic E-state index is 2.62. The average molecular weight is 203 g/mol. The maximum Gasteiger partial charge on any atom is 0.0333 e. The van der Waals surface area contributed by atoms with Crippen molar-refractivity contribution in [3.8, 4) is 0 Å². The lowest BCUT2D eigenvalue weighted by molar-refractivity contribution is 0.345. The van der Waals surface area contributed by atoms with Crippen molar-refractivity contribution in [3.63, 3.8) is 0 Å². The lowest BCUT2D eigenvalue weighted by Crippen LogP contribution is -2.16. The first-order chi connectivity index (χ1) is 7.45. The van der Waals surface area contributed by atoms with Crippen molar-refractivity contribution in [1.82, 2.24) is 4.57 Å². The van der Waals surface area contributed by atoms with Crippen LogP contribution in [0.1, 0.15) is 62.2 Å². The Morgan fingerprint density at radius 1 is 0.933 bits per heavy atom. The van der Waals surface area contributed by atoms with Gasteiger partial charge in [0.05, 0.1) is 0 Å². The minimum atomic E-state index is 0.834. The van der Waals surface area contributed by atoms with E-state index >= 15 is 0 Å². The lowest BCUT2D eigenvalue weighted by Gasteiger charge is -2.27. The number of rotatable bonds is 1. The summed E-state index contributed by atoms with van der Waals surface area (Å²) in [6.45, 7) is 0. The largest absolute Gasteiger partial charge is 0.348 e. The van der Waals surface area contributed by atoms with E-state index in [2.05, 4.69) is 16.8 Å². The maximum atomic E-state index is 2.62. The van der Waals surface area contributed by atoms with Gasteiger partial charge < -0.3 is 4.57 Å². The van der Waals surface area contributed by atoms with Crippen molar-refractivity contribution in [3.05, 3.63) is 23.5 Å². The summed E-state index contributed by atoms with van der Waals surface area (Å²) in [5, 5.41) is 0. The molecule has 1 fully saturated rings. The highest BCUT2D eigenvalue weighted by Crippen LogP contribution is 2.32. The molecular weight excluding hydrogens is 182 g/mol. The van der Waals surface area contributed by atoms with Crippen LogP contribution in [0, 0.1) is 0 Å². The van der Waals surface area contributed by atoms with Gasteiger partial charge in [0, 0.05) is 17.9 Å². The fourth-order valence-electron chi connectivity index (χ4n) is 3.35. The molecule has 0 aliphatic heterocycles. The molecule has 2 aliphatic rings. The Kier molecular flexibility index (Phi) is 2.56. The molecule has 0 unspecified atom stereocenters. The van der Waals surface area contributed by atoms with Gasteiger partial charge in [0.2, 0.25) is 0 Å². The monoisotopic (exact) mass is 203 g/mol. The predicted octanol–water partition coefficient (Wildman–Crippen LogP) is 3.87. The van der Waals surface area contributed by atoms with Crippen LogP contribution in [0.15, 0.2) is 12.3 Å². The summed E-state index contributed by atoms with van der Waals surface area (Å²) in [5.74, 6) is 0. The first kappa shape index (κ1) is 9.50. The van der Waals surface area contributed by atoms with E-state index in [4.69, 9.17) is 0 Å². The number of hydrogen-bond acceptors (Lipinski definition) is 0. The van der Waals surface area contributed by atoms with Gasteiger partial charge in [-0.3, -0.25) is 0 Å². The molecule has 82 valence electrons. The Balaban J connectivity index is 1.87. The van der Waals surface area contributed by atoms with E-state index in [0.717, 1.165) is 6.04 Å². The Labute approximate surface area is 92.5 Å². The van der Waals surface area contributed by atoms with Gasteiger partial charge in [-0.05, 0) is 50.2 Å². The van der Waals surface area contributed by atoms with Crippen LogP contribution in [-0.2, 0) is 12.8 Å². The van der Waals surface area contributed by atoms with Gasteiger partial charge in [-0.25, -0.2) is 0 Å². The topological polar surface area (TPSA) is 4.93 Å². The van der Waals surface area contributed by atoms with Crippen molar-refractivity contribution in [2.24, 2.45) is 0 Å². The van der Waals surface area contributed by atoms with Crippen molar-refractivity contribution in [1.29, 1.82) is 0 Å². The van der Waals surface area contributed by atoms with Crippen molar-refractivity contribution in [2.75, 3.05) is 0 Å². The molecule has 1 aromatic heterocycles. The third kappa shape index (κ3) is 1.73. The van der Waals surface area contributed by atoms with Crippen LogP contribution in [0.4, 0.5) is 0 Å². The third-order valence-corrected chi connectivity index (χ3v) is 4.20. The molecule has 0 atom stereocenters. The molecule has 0 aromatic carbocycles. The van der Waals surface area contributed by atoms with Gasteiger partial charge in [-0.2, -0.15) is 0 Å². The van der Waals surface area contributed by atoms with Crippen molar-refractivity contribution in [2.45, 2.75) is 63.8 Å². The molecule has 0 N–H and O–H groups in total. The Morgan fingerprint density at radius 2 is 1.73 bits per heavy atom. The van der Waals surface area contributed by atoms with E-state index in [1.54, 1.807) is 11.3 Å². The van der Waals surface area contributed by atoms with Gasteiger partial charge in [0.15, 0.2) is 0 Å². The molecule has 15 heavy (non-hydrogen) atoms. The van der Waals surface area contributed by atoms with E-state index < -0.39 is 0 Å². The van der Waals surface area contributed by atoms with E-state index in [1.807, 2.05) is 0 Å². The number of hydrogen-bond donors (Lipinski definition) is 0. The van der Waals surface area contributed by atoms with E-state index in [0.29, 0.717) is 0 Å². The van der Waals surface area contributed by atoms with Crippen LogP contribution in [0.25, 0.3) is 0 Å². The van der Waals surface area contributed by atoms with E-state index in [9.17, 15) is 0 Å². The molecule has 1 aromatic rings. The standard InChI is InChI=1S/C14H21N/c1-2-7-13(8-3-1)15-11-10-12-6-4-5-9-14(12)15/h10-11,13H,1-9H2. The van der Waals surface area contributed by atoms with Gasteiger partial charge in [-0.1, -0.05) is 19.3 Å². The minimum Gasteiger partial charge on any atom is -0.348 e. The molecule has 0 saturated heterocycles. The van der Waals surface area contributed by atoms with Crippen LogP contribution in [-0.4, -0.2) is 4.57 Å². The summed E-state index contributed by atoms with van der Waals surface area (Å²) < 4.78 is 2.62.